The summed E-state index contributed by atoms with van der Waals surface area (Å²) in [6.07, 6.45) is 3.26. The highest BCUT2D eigenvalue weighted by Gasteiger charge is 2.26. The van der Waals surface area contributed by atoms with E-state index in [1.165, 1.54) is 25.3 Å². The number of hydrogen-bond donors (Lipinski definition) is 2. The van der Waals surface area contributed by atoms with Crippen LogP contribution < -0.4 is 10.3 Å². The largest absolute Gasteiger partial charge is 0.511 e. The third-order valence-electron chi connectivity index (χ3n) is 5.40. The van der Waals surface area contributed by atoms with E-state index in [1.54, 1.807) is 31.3 Å². The fourth-order valence-electron chi connectivity index (χ4n) is 3.80. The number of halogens is 1. The van der Waals surface area contributed by atoms with Crippen LogP contribution in [0.15, 0.2) is 77.4 Å². The summed E-state index contributed by atoms with van der Waals surface area (Å²) in [4.78, 5) is 39.9. The fraction of sp³-hybridized carbons (Fsp3) is 0.200. The molecule has 0 radical (unpaired) electrons. The third kappa shape index (κ3) is 7.76. The third-order valence-corrected chi connectivity index (χ3v) is 5.40. The smallest absolute Gasteiger partial charge is 0.347 e. The van der Waals surface area contributed by atoms with Crippen molar-refractivity contribution in [3.8, 4) is 5.75 Å². The molecule has 208 valence electrons. The lowest BCUT2D eigenvalue weighted by Gasteiger charge is -2.16. The average molecular weight is 549 g/mol. The van der Waals surface area contributed by atoms with Crippen LogP contribution in [0, 0.1) is 5.82 Å². The van der Waals surface area contributed by atoms with Crippen LogP contribution in [0.5, 0.6) is 5.75 Å². The van der Waals surface area contributed by atoms with Crippen molar-refractivity contribution >= 4 is 29.2 Å². The van der Waals surface area contributed by atoms with Crippen molar-refractivity contribution in [2.75, 3.05) is 6.61 Å². The molecule has 0 fully saturated rings. The van der Waals surface area contributed by atoms with Crippen LogP contribution in [0.1, 0.15) is 47.8 Å². The quantitative estimate of drug-likeness (QED) is 0.223. The summed E-state index contributed by atoms with van der Waals surface area (Å²) < 4.78 is 25.6. The first-order chi connectivity index (χ1) is 19.1. The molecular formula is C30H29FN2O7. The van der Waals surface area contributed by atoms with Crippen molar-refractivity contribution < 1.29 is 33.7 Å². The Morgan fingerprint density at radius 3 is 2.25 bits per heavy atom. The van der Waals surface area contributed by atoms with Gasteiger partial charge in [-0.3, -0.25) is 19.1 Å². The molecule has 0 aliphatic carbocycles. The van der Waals surface area contributed by atoms with Crippen molar-refractivity contribution in [1.29, 1.82) is 0 Å². The molecule has 4 aromatic rings. The Balaban J connectivity index is 0.00000103. The van der Waals surface area contributed by atoms with Gasteiger partial charge in [0.1, 0.15) is 23.7 Å². The second-order valence-electron chi connectivity index (χ2n) is 8.68. The zero-order valence-electron chi connectivity index (χ0n) is 22.3. The number of rotatable bonds is 8. The predicted octanol–water partition coefficient (Wildman–Crippen LogP) is 5.35. The van der Waals surface area contributed by atoms with Gasteiger partial charge in [-0.15, -0.1) is 0 Å². The number of carboxylic acids is 1. The Kier molecular flexibility index (Phi) is 10.1. The van der Waals surface area contributed by atoms with Gasteiger partial charge in [0.15, 0.2) is 11.3 Å². The van der Waals surface area contributed by atoms with Gasteiger partial charge in [0.05, 0.1) is 12.1 Å². The summed E-state index contributed by atoms with van der Waals surface area (Å²) >= 11 is 0. The monoisotopic (exact) mass is 548 g/mol. The first-order valence-corrected chi connectivity index (χ1v) is 12.3. The number of allylic oxidation sites excluding steroid dienone is 1. The average Bonchev–Trinajstić information content (AvgIpc) is 2.90. The van der Waals surface area contributed by atoms with Crippen molar-refractivity contribution in [3.63, 3.8) is 0 Å². The first kappa shape index (κ1) is 29.6. The summed E-state index contributed by atoms with van der Waals surface area (Å²) in [7, 11) is 0. The van der Waals surface area contributed by atoms with E-state index in [0.29, 0.717) is 11.9 Å². The number of carbonyl (C=O) groups is 2. The molecule has 2 aromatic carbocycles. The maximum absolute atomic E-state index is 13.5. The van der Waals surface area contributed by atoms with Crippen molar-refractivity contribution in [3.05, 3.63) is 111 Å². The Morgan fingerprint density at radius 1 is 1.00 bits per heavy atom. The van der Waals surface area contributed by atoms with Gasteiger partial charge >= 0.3 is 5.97 Å². The van der Waals surface area contributed by atoms with E-state index >= 15 is 0 Å². The van der Waals surface area contributed by atoms with Crippen molar-refractivity contribution in [2.24, 2.45) is 0 Å². The number of ether oxygens (including phenoxy) is 2. The van der Waals surface area contributed by atoms with Gasteiger partial charge in [0.2, 0.25) is 0 Å². The molecule has 2 heterocycles. The summed E-state index contributed by atoms with van der Waals surface area (Å²) in [5.74, 6) is -2.15. The minimum atomic E-state index is -0.845. The van der Waals surface area contributed by atoms with Gasteiger partial charge < -0.3 is 19.7 Å². The molecule has 0 spiro atoms. The zero-order valence-corrected chi connectivity index (χ0v) is 22.3. The van der Waals surface area contributed by atoms with Gasteiger partial charge in [0, 0.05) is 19.3 Å². The highest BCUT2D eigenvalue weighted by atomic mass is 19.1. The maximum Gasteiger partial charge on any atom is 0.347 e. The van der Waals surface area contributed by atoms with Crippen LogP contribution >= 0.6 is 0 Å². The number of aromatic nitrogens is 2. The number of esters is 1. The molecule has 4 rings (SSSR count). The Labute approximate surface area is 229 Å². The minimum Gasteiger partial charge on any atom is -0.511 e. The Hall–Kier alpha value is -4.99. The summed E-state index contributed by atoms with van der Waals surface area (Å²) in [6, 6.07) is 17.1. The first-order valence-electron chi connectivity index (χ1n) is 12.3. The van der Waals surface area contributed by atoms with Crippen molar-refractivity contribution in [2.45, 2.75) is 33.8 Å². The second-order valence-corrected chi connectivity index (χ2v) is 8.68. The standard InChI is InChI=1S/C28H25FN2O5.C2H4O2/c1-3-35-28(34)24-26(36-17-20-7-5-4-6-8-20)25-23(31(27(24)33)16-18(2)32)14-21(15-30-25)13-19-9-11-22(29)12-10-19;1-2(3)4/h4-12,14-16,32H,3,13,17H2,1-2H3;1H3,(H,3,4)/b18-16-;. The van der Waals surface area contributed by atoms with E-state index in [-0.39, 0.29) is 41.6 Å². The number of carboxylic acid groups (broad SMARTS) is 1. The van der Waals surface area contributed by atoms with Crippen LogP contribution in [0.2, 0.25) is 0 Å². The van der Waals surface area contributed by atoms with E-state index in [0.717, 1.165) is 28.2 Å². The Bertz CT molecular complexity index is 1570. The topological polar surface area (TPSA) is 128 Å². The second kappa shape index (κ2) is 13.7. The molecule has 0 atom stereocenters. The molecule has 0 saturated carbocycles. The minimum absolute atomic E-state index is 0.00544. The lowest BCUT2D eigenvalue weighted by atomic mass is 10.1. The molecule has 9 nitrogen and oxygen atoms in total. The molecule has 2 N–H and O–H groups in total. The van der Waals surface area contributed by atoms with Crippen molar-refractivity contribution in [1.82, 2.24) is 9.55 Å². The summed E-state index contributed by atoms with van der Waals surface area (Å²) in [6.45, 7) is 4.30. The van der Waals surface area contributed by atoms with E-state index < -0.39 is 17.5 Å². The molecule has 0 bridgehead atoms. The number of pyridine rings is 2. The predicted molar refractivity (Wildman–Crippen MR) is 148 cm³/mol. The van der Waals surface area contributed by atoms with Gasteiger partial charge in [0.25, 0.3) is 11.5 Å². The molecule has 2 aromatic heterocycles. The number of aliphatic hydroxyl groups is 1. The summed E-state index contributed by atoms with van der Waals surface area (Å²) in [5, 5.41) is 17.4. The van der Waals surface area contributed by atoms with Crippen LogP contribution in [0.25, 0.3) is 17.2 Å². The number of carbonyl (C=O) groups excluding carboxylic acids is 1. The lowest BCUT2D eigenvalue weighted by molar-refractivity contribution is -0.134. The van der Waals surface area contributed by atoms with Gasteiger partial charge in [-0.2, -0.15) is 0 Å². The lowest BCUT2D eigenvalue weighted by Crippen LogP contribution is -2.27. The number of aliphatic carboxylic acids is 1. The number of fused-ring (bicyclic) bond motifs is 1. The number of hydrogen-bond acceptors (Lipinski definition) is 7. The summed E-state index contributed by atoms with van der Waals surface area (Å²) in [5.41, 5.74) is 2.00. The van der Waals surface area contributed by atoms with Crippen LogP contribution in [0.4, 0.5) is 4.39 Å². The zero-order chi connectivity index (χ0) is 29.2. The van der Waals surface area contributed by atoms with E-state index in [2.05, 4.69) is 4.98 Å². The Morgan fingerprint density at radius 2 is 1.65 bits per heavy atom. The molecule has 10 heteroatoms. The molecule has 0 aliphatic heterocycles. The fourth-order valence-corrected chi connectivity index (χ4v) is 3.80. The van der Waals surface area contributed by atoms with Crippen LogP contribution in [-0.2, 0) is 22.6 Å². The molecular weight excluding hydrogens is 519 g/mol. The number of nitrogens with zero attached hydrogens (tertiary/aromatic N) is 2. The normalized spacial score (nSPS) is 10.9. The molecule has 0 saturated heterocycles. The van der Waals surface area contributed by atoms with E-state index in [9.17, 15) is 19.1 Å². The number of benzene rings is 2. The highest BCUT2D eigenvalue weighted by molar-refractivity contribution is 5.99. The van der Waals surface area contributed by atoms with Gasteiger partial charge in [-0.25, -0.2) is 9.18 Å². The van der Waals surface area contributed by atoms with E-state index in [1.807, 2.05) is 30.3 Å². The SMILES string of the molecule is CC(=O)O.CCOC(=O)c1c(OCc2ccccc2)c2ncc(Cc3ccc(F)cc3)cc2n(/C=C(/C)O)c1=O. The van der Waals surface area contributed by atoms with Gasteiger partial charge in [-0.05, 0) is 55.2 Å². The molecule has 0 unspecified atom stereocenters. The molecule has 40 heavy (non-hydrogen) atoms. The van der Waals surface area contributed by atoms with Crippen LogP contribution in [0.3, 0.4) is 0 Å². The maximum atomic E-state index is 13.5. The van der Waals surface area contributed by atoms with Crippen LogP contribution in [-0.4, -0.2) is 38.3 Å². The highest BCUT2D eigenvalue weighted by Crippen LogP contribution is 2.29. The van der Waals surface area contributed by atoms with Gasteiger partial charge in [-0.1, -0.05) is 42.5 Å². The molecule has 0 aliphatic rings. The molecule has 0 amide bonds. The van der Waals surface area contributed by atoms with E-state index in [4.69, 9.17) is 19.4 Å². The number of aliphatic hydroxyl groups excluding tert-OH is 1.